The topological polar surface area (TPSA) is 34.4 Å². The average Bonchev–Trinajstić information content (AvgIpc) is 2.64. The molecular formula is C15H20N2OS. The van der Waals surface area contributed by atoms with Crippen LogP contribution in [0.4, 0.5) is 0 Å². The third kappa shape index (κ3) is 2.78. The molecule has 0 fully saturated rings. The van der Waals surface area contributed by atoms with E-state index in [1.54, 1.807) is 11.3 Å². The van der Waals surface area contributed by atoms with Gasteiger partial charge in [0.25, 0.3) is 5.91 Å². The summed E-state index contributed by atoms with van der Waals surface area (Å²) in [7, 11) is 1.96. The van der Waals surface area contributed by atoms with Gasteiger partial charge < -0.3 is 4.57 Å². The first kappa shape index (κ1) is 14.0. The van der Waals surface area contributed by atoms with Gasteiger partial charge in [0.15, 0.2) is 4.80 Å². The van der Waals surface area contributed by atoms with Crippen LogP contribution < -0.4 is 4.80 Å². The number of aromatic nitrogens is 1. The summed E-state index contributed by atoms with van der Waals surface area (Å²) in [6, 6.07) is 6.41. The lowest BCUT2D eigenvalue weighted by molar-refractivity contribution is -0.125. The van der Waals surface area contributed by atoms with E-state index in [2.05, 4.69) is 30.1 Å². The summed E-state index contributed by atoms with van der Waals surface area (Å²) in [5.41, 5.74) is 2.00. The van der Waals surface area contributed by atoms with E-state index < -0.39 is 5.41 Å². The SMILES string of the molecule is CCc1ccc2c(c1)sc(=NC(=O)C(C)(C)C)n2C. The fourth-order valence-corrected chi connectivity index (χ4v) is 2.84. The second-order valence-corrected chi connectivity index (χ2v) is 6.78. The van der Waals surface area contributed by atoms with Crippen LogP contribution in [0.1, 0.15) is 33.3 Å². The molecule has 2 rings (SSSR count). The van der Waals surface area contributed by atoms with Crippen molar-refractivity contribution < 1.29 is 4.79 Å². The maximum atomic E-state index is 12.0. The fourth-order valence-electron chi connectivity index (χ4n) is 1.76. The van der Waals surface area contributed by atoms with Crippen LogP contribution >= 0.6 is 11.3 Å². The molecule has 3 nitrogen and oxygen atoms in total. The Bertz CT molecular complexity index is 686. The molecule has 0 saturated carbocycles. The first-order chi connectivity index (χ1) is 8.82. The van der Waals surface area contributed by atoms with Gasteiger partial charge in [0.05, 0.1) is 10.2 Å². The Morgan fingerprint density at radius 2 is 2.05 bits per heavy atom. The van der Waals surface area contributed by atoms with Crippen molar-refractivity contribution in [1.29, 1.82) is 0 Å². The van der Waals surface area contributed by atoms with Gasteiger partial charge >= 0.3 is 0 Å². The number of aryl methyl sites for hydroxylation is 2. The monoisotopic (exact) mass is 276 g/mol. The Hall–Kier alpha value is -1.42. The molecule has 0 aliphatic rings. The van der Waals surface area contributed by atoms with Crippen molar-refractivity contribution in [2.24, 2.45) is 17.5 Å². The molecule has 1 aromatic heterocycles. The summed E-state index contributed by atoms with van der Waals surface area (Å²) in [5.74, 6) is -0.0784. The first-order valence-corrected chi connectivity index (χ1v) is 7.32. The lowest BCUT2D eigenvalue weighted by Gasteiger charge is -2.11. The highest BCUT2D eigenvalue weighted by Gasteiger charge is 2.20. The Balaban J connectivity index is 2.60. The average molecular weight is 276 g/mol. The largest absolute Gasteiger partial charge is 0.319 e. The van der Waals surface area contributed by atoms with E-state index in [1.165, 1.54) is 10.3 Å². The molecular weight excluding hydrogens is 256 g/mol. The molecule has 0 N–H and O–H groups in total. The third-order valence-electron chi connectivity index (χ3n) is 3.12. The summed E-state index contributed by atoms with van der Waals surface area (Å²) >= 11 is 1.57. The Morgan fingerprint density at radius 3 is 2.63 bits per heavy atom. The number of carbonyl (C=O) groups excluding carboxylic acids is 1. The van der Waals surface area contributed by atoms with E-state index in [-0.39, 0.29) is 5.91 Å². The predicted molar refractivity (Wildman–Crippen MR) is 80.2 cm³/mol. The Morgan fingerprint density at radius 1 is 1.37 bits per heavy atom. The molecule has 1 aromatic carbocycles. The molecule has 1 amide bonds. The number of carbonyl (C=O) groups is 1. The van der Waals surface area contributed by atoms with E-state index >= 15 is 0 Å². The number of hydrogen-bond acceptors (Lipinski definition) is 2. The quantitative estimate of drug-likeness (QED) is 0.787. The lowest BCUT2D eigenvalue weighted by Crippen LogP contribution is -2.22. The van der Waals surface area contributed by atoms with Crippen LogP contribution in [0.2, 0.25) is 0 Å². The van der Waals surface area contributed by atoms with Crippen molar-refractivity contribution in [3.05, 3.63) is 28.6 Å². The van der Waals surface area contributed by atoms with Crippen LogP contribution in [0.25, 0.3) is 10.2 Å². The molecule has 0 unspecified atom stereocenters. The maximum absolute atomic E-state index is 12.0. The number of thiazole rings is 1. The predicted octanol–water partition coefficient (Wildman–Crippen LogP) is 3.28. The zero-order chi connectivity index (χ0) is 14.2. The van der Waals surface area contributed by atoms with E-state index in [1.807, 2.05) is 32.4 Å². The standard InChI is InChI=1S/C15H20N2OS/c1-6-10-7-8-11-12(9-10)19-14(17(11)5)16-13(18)15(2,3)4/h7-9H,6H2,1-5H3. The smallest absolute Gasteiger partial charge is 0.253 e. The molecule has 0 aliphatic heterocycles. The van der Waals surface area contributed by atoms with Crippen LogP contribution in [0.15, 0.2) is 23.2 Å². The summed E-state index contributed by atoms with van der Waals surface area (Å²) in [6.45, 7) is 7.81. The number of nitrogens with zero attached hydrogens (tertiary/aromatic N) is 2. The van der Waals surface area contributed by atoms with Crippen molar-refractivity contribution in [3.8, 4) is 0 Å². The minimum atomic E-state index is -0.433. The molecule has 2 aromatic rings. The second kappa shape index (κ2) is 4.93. The van der Waals surface area contributed by atoms with Gasteiger partial charge in [0.1, 0.15) is 0 Å². The van der Waals surface area contributed by atoms with Crippen LogP contribution in [-0.4, -0.2) is 10.5 Å². The van der Waals surface area contributed by atoms with Gasteiger partial charge in [-0.3, -0.25) is 4.79 Å². The molecule has 0 bridgehead atoms. The summed E-state index contributed by atoms with van der Waals surface area (Å²) in [4.78, 5) is 17.0. The summed E-state index contributed by atoms with van der Waals surface area (Å²) in [5, 5.41) is 0. The lowest BCUT2D eigenvalue weighted by atomic mass is 9.96. The zero-order valence-corrected chi connectivity index (χ0v) is 13.0. The molecule has 0 saturated heterocycles. The molecule has 0 radical (unpaired) electrons. The van der Waals surface area contributed by atoms with Gasteiger partial charge in [0.2, 0.25) is 0 Å². The van der Waals surface area contributed by atoms with E-state index in [0.29, 0.717) is 0 Å². The van der Waals surface area contributed by atoms with Crippen molar-refractivity contribution in [3.63, 3.8) is 0 Å². The first-order valence-electron chi connectivity index (χ1n) is 6.50. The normalized spacial score (nSPS) is 13.2. The van der Waals surface area contributed by atoms with Crippen molar-refractivity contribution >= 4 is 27.5 Å². The van der Waals surface area contributed by atoms with Crippen LogP contribution in [0.3, 0.4) is 0 Å². The van der Waals surface area contributed by atoms with Crippen LogP contribution in [-0.2, 0) is 18.3 Å². The molecule has 0 spiro atoms. The van der Waals surface area contributed by atoms with Crippen molar-refractivity contribution in [2.75, 3.05) is 0 Å². The Kier molecular flexibility index (Phi) is 3.63. The minimum absolute atomic E-state index is 0.0784. The fraction of sp³-hybridized carbons (Fsp3) is 0.467. The van der Waals surface area contributed by atoms with Gasteiger partial charge in [-0.25, -0.2) is 0 Å². The van der Waals surface area contributed by atoms with Gasteiger partial charge in [-0.05, 0) is 24.1 Å². The van der Waals surface area contributed by atoms with Gasteiger partial charge in [-0.2, -0.15) is 4.99 Å². The number of amides is 1. The molecule has 0 aliphatic carbocycles. The molecule has 102 valence electrons. The van der Waals surface area contributed by atoms with Crippen molar-refractivity contribution in [1.82, 2.24) is 4.57 Å². The van der Waals surface area contributed by atoms with Crippen LogP contribution in [0.5, 0.6) is 0 Å². The third-order valence-corrected chi connectivity index (χ3v) is 4.22. The number of fused-ring (bicyclic) bond motifs is 1. The van der Waals surface area contributed by atoms with Crippen molar-refractivity contribution in [2.45, 2.75) is 34.1 Å². The summed E-state index contributed by atoms with van der Waals surface area (Å²) < 4.78 is 3.17. The second-order valence-electron chi connectivity index (χ2n) is 5.77. The highest BCUT2D eigenvalue weighted by atomic mass is 32.1. The van der Waals surface area contributed by atoms with Gasteiger partial charge in [0, 0.05) is 12.5 Å². The molecule has 1 heterocycles. The Labute approximate surface area is 117 Å². The van der Waals surface area contributed by atoms with Gasteiger partial charge in [-0.1, -0.05) is 45.1 Å². The highest BCUT2D eigenvalue weighted by Crippen LogP contribution is 2.20. The minimum Gasteiger partial charge on any atom is -0.319 e. The number of rotatable bonds is 1. The summed E-state index contributed by atoms with van der Waals surface area (Å²) in [6.07, 6.45) is 1.02. The van der Waals surface area contributed by atoms with Crippen LogP contribution in [0, 0.1) is 5.41 Å². The molecule has 0 atom stereocenters. The van der Waals surface area contributed by atoms with E-state index in [9.17, 15) is 4.79 Å². The molecule has 19 heavy (non-hydrogen) atoms. The molecule has 4 heteroatoms. The number of hydrogen-bond donors (Lipinski definition) is 0. The van der Waals surface area contributed by atoms with Gasteiger partial charge in [-0.15, -0.1) is 0 Å². The van der Waals surface area contributed by atoms with E-state index in [0.717, 1.165) is 16.7 Å². The zero-order valence-electron chi connectivity index (χ0n) is 12.2. The maximum Gasteiger partial charge on any atom is 0.253 e. The van der Waals surface area contributed by atoms with E-state index in [4.69, 9.17) is 0 Å². The highest BCUT2D eigenvalue weighted by molar-refractivity contribution is 7.16. The number of benzene rings is 1.